The molecule has 1 saturated carbocycles. The Balaban J connectivity index is 2.45. The quantitative estimate of drug-likeness (QED) is 0.216. The van der Waals surface area contributed by atoms with Crippen molar-refractivity contribution in [1.29, 1.82) is 0 Å². The van der Waals surface area contributed by atoms with E-state index in [0.717, 1.165) is 19.3 Å². The van der Waals surface area contributed by atoms with Crippen molar-refractivity contribution in [3.63, 3.8) is 0 Å². The Morgan fingerprint density at radius 1 is 1.40 bits per heavy atom. The first-order chi connectivity index (χ1) is 7.19. The standard InChI is InChI=1S/C11H14O4/c1-2-15-11(14)9(7-12)10(13)6-5-8-3-4-8/h8H,2-6H2,1H3. The molecule has 0 unspecified atom stereocenters. The summed E-state index contributed by atoms with van der Waals surface area (Å²) < 4.78 is 4.58. The van der Waals surface area contributed by atoms with Crippen LogP contribution in [0.4, 0.5) is 0 Å². The van der Waals surface area contributed by atoms with Gasteiger partial charge in [-0.25, -0.2) is 9.59 Å². The monoisotopic (exact) mass is 210 g/mol. The lowest BCUT2D eigenvalue weighted by Crippen LogP contribution is -2.16. The third-order valence-electron chi connectivity index (χ3n) is 2.34. The lowest BCUT2D eigenvalue weighted by Gasteiger charge is -2.01. The molecule has 0 aromatic carbocycles. The van der Waals surface area contributed by atoms with Crippen molar-refractivity contribution in [2.24, 2.45) is 5.92 Å². The van der Waals surface area contributed by atoms with E-state index in [1.54, 1.807) is 6.92 Å². The predicted octanol–water partition coefficient (Wildman–Crippen LogP) is 1.07. The molecular formula is C11H14O4. The molecule has 0 heterocycles. The van der Waals surface area contributed by atoms with Gasteiger partial charge in [-0.2, -0.15) is 0 Å². The largest absolute Gasteiger partial charge is 0.462 e. The van der Waals surface area contributed by atoms with Crippen LogP contribution in [0.5, 0.6) is 0 Å². The molecule has 0 aromatic heterocycles. The summed E-state index contributed by atoms with van der Waals surface area (Å²) in [5, 5.41) is 0. The SMILES string of the molecule is CCOC(=O)C(=C=O)C(=O)CCC1CC1. The van der Waals surface area contributed by atoms with Crippen molar-refractivity contribution in [3.05, 3.63) is 5.57 Å². The van der Waals surface area contributed by atoms with Crippen molar-refractivity contribution in [2.75, 3.05) is 6.61 Å². The summed E-state index contributed by atoms with van der Waals surface area (Å²) in [4.78, 5) is 33.0. The second-order valence-electron chi connectivity index (χ2n) is 3.60. The Hall–Kier alpha value is -1.41. The third-order valence-corrected chi connectivity index (χ3v) is 2.34. The topological polar surface area (TPSA) is 60.4 Å². The molecule has 0 atom stereocenters. The Kier molecular flexibility index (Phi) is 4.25. The number of Topliss-reactive ketones (excluding diaryl/α,β-unsaturated/α-hetero) is 1. The fraction of sp³-hybridized carbons (Fsp3) is 0.636. The highest BCUT2D eigenvalue weighted by Crippen LogP contribution is 2.33. The van der Waals surface area contributed by atoms with E-state index in [-0.39, 0.29) is 13.0 Å². The number of esters is 1. The summed E-state index contributed by atoms with van der Waals surface area (Å²) in [7, 11) is 0. The minimum absolute atomic E-state index is 0.153. The first-order valence-electron chi connectivity index (χ1n) is 5.14. The van der Waals surface area contributed by atoms with Crippen LogP contribution in [0.2, 0.25) is 0 Å². The van der Waals surface area contributed by atoms with Gasteiger partial charge in [-0.15, -0.1) is 0 Å². The van der Waals surface area contributed by atoms with Gasteiger partial charge in [0, 0.05) is 6.42 Å². The first kappa shape index (κ1) is 11.7. The van der Waals surface area contributed by atoms with Gasteiger partial charge < -0.3 is 4.74 Å². The average Bonchev–Trinajstić information content (AvgIpc) is 2.99. The zero-order chi connectivity index (χ0) is 11.3. The van der Waals surface area contributed by atoms with Crippen LogP contribution in [0, 0.1) is 5.92 Å². The maximum atomic E-state index is 11.4. The van der Waals surface area contributed by atoms with Gasteiger partial charge in [-0.1, -0.05) is 12.8 Å². The van der Waals surface area contributed by atoms with Crippen molar-refractivity contribution >= 4 is 17.7 Å². The first-order valence-corrected chi connectivity index (χ1v) is 5.14. The molecule has 0 saturated heterocycles. The minimum atomic E-state index is -0.853. The van der Waals surface area contributed by atoms with Crippen LogP contribution in [0.15, 0.2) is 5.57 Å². The van der Waals surface area contributed by atoms with E-state index in [0.29, 0.717) is 5.92 Å². The number of rotatable bonds is 6. The molecule has 1 aliphatic carbocycles. The summed E-state index contributed by atoms with van der Waals surface area (Å²) in [6.45, 7) is 1.77. The highest BCUT2D eigenvalue weighted by Gasteiger charge is 2.25. The fourth-order valence-electron chi connectivity index (χ4n) is 1.28. The minimum Gasteiger partial charge on any atom is -0.462 e. The molecule has 4 nitrogen and oxygen atoms in total. The second kappa shape index (κ2) is 5.47. The van der Waals surface area contributed by atoms with Crippen LogP contribution in [0.25, 0.3) is 0 Å². The normalized spacial score (nSPS) is 14.2. The van der Waals surface area contributed by atoms with Gasteiger partial charge in [-0.05, 0) is 19.3 Å². The molecule has 1 fully saturated rings. The molecule has 0 bridgehead atoms. The smallest absolute Gasteiger partial charge is 0.353 e. The molecule has 0 aromatic rings. The number of hydrogen-bond acceptors (Lipinski definition) is 4. The zero-order valence-electron chi connectivity index (χ0n) is 8.75. The molecule has 4 heteroatoms. The third kappa shape index (κ3) is 3.68. The van der Waals surface area contributed by atoms with Gasteiger partial charge in [0.15, 0.2) is 11.4 Å². The number of ether oxygens (including phenoxy) is 1. The highest BCUT2D eigenvalue weighted by atomic mass is 16.5. The van der Waals surface area contributed by atoms with E-state index in [4.69, 9.17) is 0 Å². The lowest BCUT2D eigenvalue weighted by atomic mass is 10.1. The molecule has 1 rings (SSSR count). The maximum Gasteiger partial charge on any atom is 0.353 e. The van der Waals surface area contributed by atoms with E-state index in [9.17, 15) is 14.4 Å². The van der Waals surface area contributed by atoms with E-state index in [1.807, 2.05) is 0 Å². The van der Waals surface area contributed by atoms with Crippen LogP contribution >= 0.6 is 0 Å². The summed E-state index contributed by atoms with van der Waals surface area (Å²) >= 11 is 0. The van der Waals surface area contributed by atoms with Gasteiger partial charge in [-0.3, -0.25) is 4.79 Å². The van der Waals surface area contributed by atoms with E-state index in [1.165, 1.54) is 5.94 Å². The molecule has 0 radical (unpaired) electrons. The summed E-state index contributed by atoms with van der Waals surface area (Å²) in [6.07, 6.45) is 3.29. The number of carbonyl (C=O) groups is 2. The number of carbonyl (C=O) groups excluding carboxylic acids is 3. The van der Waals surface area contributed by atoms with Gasteiger partial charge in [0.2, 0.25) is 0 Å². The van der Waals surface area contributed by atoms with E-state index < -0.39 is 17.3 Å². The Labute approximate surface area is 88.3 Å². The fourth-order valence-corrected chi connectivity index (χ4v) is 1.28. The molecule has 0 amide bonds. The van der Waals surface area contributed by atoms with E-state index in [2.05, 4.69) is 4.74 Å². The van der Waals surface area contributed by atoms with Crippen molar-refractivity contribution in [3.8, 4) is 0 Å². The van der Waals surface area contributed by atoms with Crippen LogP contribution < -0.4 is 0 Å². The molecule has 0 aliphatic heterocycles. The van der Waals surface area contributed by atoms with Crippen LogP contribution in [0.1, 0.15) is 32.6 Å². The number of hydrogen-bond donors (Lipinski definition) is 0. The molecular weight excluding hydrogens is 196 g/mol. The van der Waals surface area contributed by atoms with Crippen LogP contribution in [0.3, 0.4) is 0 Å². The summed E-state index contributed by atoms with van der Waals surface area (Å²) in [5.74, 6) is 0.672. The Bertz CT molecular complexity index is 309. The average molecular weight is 210 g/mol. The Morgan fingerprint density at radius 3 is 2.53 bits per heavy atom. The molecule has 0 spiro atoms. The molecule has 82 valence electrons. The lowest BCUT2D eigenvalue weighted by molar-refractivity contribution is -0.139. The van der Waals surface area contributed by atoms with E-state index >= 15 is 0 Å². The second-order valence-corrected chi connectivity index (χ2v) is 3.60. The predicted molar refractivity (Wildman–Crippen MR) is 52.8 cm³/mol. The summed E-state index contributed by atoms with van der Waals surface area (Å²) in [6, 6.07) is 0. The van der Waals surface area contributed by atoms with Gasteiger partial charge in [0.1, 0.15) is 5.94 Å². The maximum absolute atomic E-state index is 11.4. The molecule has 1 aliphatic rings. The van der Waals surface area contributed by atoms with Crippen molar-refractivity contribution < 1.29 is 19.1 Å². The van der Waals surface area contributed by atoms with Crippen LogP contribution in [-0.2, 0) is 19.1 Å². The van der Waals surface area contributed by atoms with Gasteiger partial charge in [0.05, 0.1) is 6.61 Å². The molecule has 0 N–H and O–H groups in total. The number of ketones is 1. The highest BCUT2D eigenvalue weighted by molar-refractivity contribution is 6.23. The van der Waals surface area contributed by atoms with Crippen molar-refractivity contribution in [2.45, 2.75) is 32.6 Å². The zero-order valence-corrected chi connectivity index (χ0v) is 8.75. The van der Waals surface area contributed by atoms with Gasteiger partial charge in [0.25, 0.3) is 0 Å². The van der Waals surface area contributed by atoms with Gasteiger partial charge >= 0.3 is 5.97 Å². The van der Waals surface area contributed by atoms with Crippen LogP contribution in [-0.4, -0.2) is 24.3 Å². The molecule has 15 heavy (non-hydrogen) atoms. The Morgan fingerprint density at radius 2 is 2.07 bits per heavy atom. The summed E-state index contributed by atoms with van der Waals surface area (Å²) in [5.41, 5.74) is -0.475. The van der Waals surface area contributed by atoms with Crippen molar-refractivity contribution in [1.82, 2.24) is 0 Å².